The molecule has 8 nitrogen and oxygen atoms in total. The quantitative estimate of drug-likeness (QED) is 0.780. The molecule has 142 valence electrons. The van der Waals surface area contributed by atoms with Gasteiger partial charge in [-0.1, -0.05) is 13.8 Å². The Morgan fingerprint density at radius 3 is 2.50 bits per heavy atom. The molecule has 0 radical (unpaired) electrons. The second-order valence-corrected chi connectivity index (χ2v) is 8.90. The van der Waals surface area contributed by atoms with E-state index in [9.17, 15) is 23.3 Å². The highest BCUT2D eigenvalue weighted by Crippen LogP contribution is 2.20. The number of sulfonamides is 1. The van der Waals surface area contributed by atoms with Crippen LogP contribution in [-0.4, -0.2) is 41.8 Å². The molecule has 0 bridgehead atoms. The molecule has 2 heterocycles. The first-order valence-corrected chi connectivity index (χ1v) is 9.97. The molecule has 1 aliphatic heterocycles. The van der Waals surface area contributed by atoms with Gasteiger partial charge in [-0.15, -0.1) is 0 Å². The Labute approximate surface area is 153 Å². The van der Waals surface area contributed by atoms with E-state index in [4.69, 9.17) is 0 Å². The zero-order chi connectivity index (χ0) is 19.5. The largest absolute Gasteiger partial charge is 0.336 e. The minimum atomic E-state index is -3.68. The number of nitrogens with zero attached hydrogens (tertiary/aromatic N) is 3. The van der Waals surface area contributed by atoms with Crippen LogP contribution in [0.15, 0.2) is 28.0 Å². The zero-order valence-corrected chi connectivity index (χ0v) is 16.0. The number of hydrogen-bond donors (Lipinski definition) is 1. The molecule has 1 amide bonds. The van der Waals surface area contributed by atoms with Crippen molar-refractivity contribution < 1.29 is 13.2 Å². The van der Waals surface area contributed by atoms with E-state index in [1.165, 1.54) is 16.6 Å². The fraction of sp³-hybridized carbons (Fsp3) is 0.588. The molecule has 1 aromatic heterocycles. The van der Waals surface area contributed by atoms with Gasteiger partial charge < -0.3 is 9.88 Å². The summed E-state index contributed by atoms with van der Waals surface area (Å²) in [6, 6.07) is 4.46. The highest BCUT2D eigenvalue weighted by atomic mass is 32.2. The van der Waals surface area contributed by atoms with Crippen molar-refractivity contribution in [3.05, 3.63) is 28.7 Å². The lowest BCUT2D eigenvalue weighted by atomic mass is 9.90. The number of rotatable bonds is 6. The molecular formula is C17H24N4O4S. The van der Waals surface area contributed by atoms with Gasteiger partial charge in [-0.2, -0.15) is 9.57 Å². The Morgan fingerprint density at radius 1 is 1.35 bits per heavy atom. The third kappa shape index (κ3) is 4.14. The van der Waals surface area contributed by atoms with E-state index in [0.29, 0.717) is 13.1 Å². The number of amides is 1. The van der Waals surface area contributed by atoms with Crippen LogP contribution in [0.3, 0.4) is 0 Å². The minimum Gasteiger partial charge on any atom is -0.336 e. The fourth-order valence-electron chi connectivity index (χ4n) is 2.65. The second-order valence-electron chi connectivity index (χ2n) is 6.96. The Morgan fingerprint density at radius 2 is 1.96 bits per heavy atom. The SMILES string of the molecule is CC(C)[C@](C)(C#N)NC(=O)Cn1cc(S(=O)(=O)N2CCCC2)ccc1=O. The summed E-state index contributed by atoms with van der Waals surface area (Å²) >= 11 is 0. The van der Waals surface area contributed by atoms with Crippen LogP contribution in [0.4, 0.5) is 0 Å². The Hall–Kier alpha value is -2.18. The van der Waals surface area contributed by atoms with Gasteiger partial charge in [-0.3, -0.25) is 9.59 Å². The normalized spacial score (nSPS) is 17.7. The Balaban J connectivity index is 2.24. The predicted molar refractivity (Wildman–Crippen MR) is 95.7 cm³/mol. The summed E-state index contributed by atoms with van der Waals surface area (Å²) in [7, 11) is -3.68. The van der Waals surface area contributed by atoms with E-state index in [1.54, 1.807) is 20.8 Å². The van der Waals surface area contributed by atoms with E-state index in [-0.39, 0.29) is 17.4 Å². The van der Waals surface area contributed by atoms with Crippen LogP contribution in [0.1, 0.15) is 33.6 Å². The van der Waals surface area contributed by atoms with Crippen LogP contribution in [0, 0.1) is 17.2 Å². The highest BCUT2D eigenvalue weighted by molar-refractivity contribution is 7.89. The molecule has 0 aliphatic carbocycles. The molecule has 2 rings (SSSR count). The fourth-order valence-corrected chi connectivity index (χ4v) is 4.19. The van der Waals surface area contributed by atoms with Gasteiger partial charge in [0.2, 0.25) is 15.9 Å². The van der Waals surface area contributed by atoms with Crippen LogP contribution in [0.5, 0.6) is 0 Å². The Kier molecular flexibility index (Phi) is 5.88. The molecule has 0 spiro atoms. The van der Waals surface area contributed by atoms with Crippen molar-refractivity contribution in [2.45, 2.75) is 50.6 Å². The lowest BCUT2D eigenvalue weighted by Gasteiger charge is -2.27. The van der Waals surface area contributed by atoms with Crippen molar-refractivity contribution in [3.63, 3.8) is 0 Å². The molecule has 0 saturated carbocycles. The summed E-state index contributed by atoms with van der Waals surface area (Å²) in [5, 5.41) is 11.9. The van der Waals surface area contributed by atoms with Gasteiger partial charge in [0.15, 0.2) is 0 Å². The second kappa shape index (κ2) is 7.60. The van der Waals surface area contributed by atoms with Crippen LogP contribution >= 0.6 is 0 Å². The van der Waals surface area contributed by atoms with Gasteiger partial charge in [0.1, 0.15) is 12.1 Å². The maximum Gasteiger partial charge on any atom is 0.251 e. The minimum absolute atomic E-state index is 0.0151. The average Bonchev–Trinajstić information content (AvgIpc) is 3.11. The van der Waals surface area contributed by atoms with E-state index in [1.807, 2.05) is 0 Å². The van der Waals surface area contributed by atoms with E-state index < -0.39 is 27.0 Å². The van der Waals surface area contributed by atoms with Crippen molar-refractivity contribution >= 4 is 15.9 Å². The summed E-state index contributed by atoms with van der Waals surface area (Å²) in [6.45, 7) is 5.77. The molecule has 1 aliphatic rings. The molecule has 26 heavy (non-hydrogen) atoms. The molecule has 1 fully saturated rings. The topological polar surface area (TPSA) is 112 Å². The zero-order valence-electron chi connectivity index (χ0n) is 15.2. The highest BCUT2D eigenvalue weighted by Gasteiger charge is 2.31. The summed E-state index contributed by atoms with van der Waals surface area (Å²) in [6.07, 6.45) is 2.81. The number of aromatic nitrogens is 1. The average molecular weight is 380 g/mol. The molecule has 0 aromatic carbocycles. The first-order chi connectivity index (χ1) is 12.1. The molecule has 9 heteroatoms. The maximum atomic E-state index is 12.6. The van der Waals surface area contributed by atoms with Gasteiger partial charge in [0, 0.05) is 25.4 Å². The number of pyridine rings is 1. The van der Waals surface area contributed by atoms with E-state index in [0.717, 1.165) is 23.5 Å². The summed E-state index contributed by atoms with van der Waals surface area (Å²) < 4.78 is 27.7. The standard InChI is InChI=1S/C17H24N4O4S/c1-13(2)17(3,12-18)19-15(22)11-20-10-14(6-7-16(20)23)26(24,25)21-8-4-5-9-21/h6-7,10,13H,4-5,8-9,11H2,1-3H3,(H,19,22)/t17-/m0/s1. The first-order valence-electron chi connectivity index (χ1n) is 8.53. The molecule has 0 unspecified atom stereocenters. The van der Waals surface area contributed by atoms with E-state index in [2.05, 4.69) is 11.4 Å². The summed E-state index contributed by atoms with van der Waals surface area (Å²) in [5.41, 5.74) is -1.55. The van der Waals surface area contributed by atoms with Gasteiger partial charge in [-0.05, 0) is 31.7 Å². The monoisotopic (exact) mass is 380 g/mol. The van der Waals surface area contributed by atoms with Crippen LogP contribution in [-0.2, 0) is 21.4 Å². The molecule has 1 aromatic rings. The van der Waals surface area contributed by atoms with Gasteiger partial charge in [0.05, 0.1) is 11.0 Å². The van der Waals surface area contributed by atoms with Gasteiger partial charge in [-0.25, -0.2) is 8.42 Å². The number of carbonyl (C=O) groups is 1. The smallest absolute Gasteiger partial charge is 0.251 e. The first kappa shape index (κ1) is 20.1. The molecule has 1 atom stereocenters. The summed E-state index contributed by atoms with van der Waals surface area (Å²) in [4.78, 5) is 24.3. The van der Waals surface area contributed by atoms with Gasteiger partial charge >= 0.3 is 0 Å². The number of carbonyl (C=O) groups excluding carboxylic acids is 1. The lowest BCUT2D eigenvalue weighted by molar-refractivity contribution is -0.123. The number of nitrogens with one attached hydrogen (secondary N) is 1. The maximum absolute atomic E-state index is 12.6. The van der Waals surface area contributed by atoms with Crippen molar-refractivity contribution in [3.8, 4) is 6.07 Å². The van der Waals surface area contributed by atoms with Crippen molar-refractivity contribution in [1.29, 1.82) is 5.26 Å². The van der Waals surface area contributed by atoms with Crippen molar-refractivity contribution in [2.75, 3.05) is 13.1 Å². The number of hydrogen-bond acceptors (Lipinski definition) is 5. The van der Waals surface area contributed by atoms with E-state index >= 15 is 0 Å². The van der Waals surface area contributed by atoms with Crippen molar-refractivity contribution in [2.24, 2.45) is 5.92 Å². The van der Waals surface area contributed by atoms with Crippen LogP contribution < -0.4 is 10.9 Å². The molecule has 1 N–H and O–H groups in total. The third-order valence-corrected chi connectivity index (χ3v) is 6.64. The van der Waals surface area contributed by atoms with Crippen LogP contribution in [0.25, 0.3) is 0 Å². The molecule has 1 saturated heterocycles. The van der Waals surface area contributed by atoms with Gasteiger partial charge in [0.25, 0.3) is 5.56 Å². The predicted octanol–water partition coefficient (Wildman–Crippen LogP) is 0.687. The van der Waals surface area contributed by atoms with Crippen LogP contribution in [0.2, 0.25) is 0 Å². The summed E-state index contributed by atoms with van der Waals surface area (Å²) in [5.74, 6) is -0.657. The van der Waals surface area contributed by atoms with Crippen molar-refractivity contribution in [1.82, 2.24) is 14.2 Å². The lowest BCUT2D eigenvalue weighted by Crippen LogP contribution is -2.50. The Bertz CT molecular complexity index is 879. The number of nitriles is 1. The molecular weight excluding hydrogens is 356 g/mol. The third-order valence-electron chi connectivity index (χ3n) is 4.76.